The molecule has 1 aromatic heterocycles. The van der Waals surface area contributed by atoms with E-state index in [-0.39, 0.29) is 24.0 Å². The highest BCUT2D eigenvalue weighted by Crippen LogP contribution is 2.36. The standard InChI is InChI=1S/C11H17N2O2S2.HI/c1-5-14-6-2-12(1)10-9-11(17-16-10)13-3-7-15-8-4-13;/h9H,1-8H2;1H/q+1;/p-1. The molecule has 0 bridgehead atoms. The summed E-state index contributed by atoms with van der Waals surface area (Å²) in [5.74, 6) is 0. The van der Waals surface area contributed by atoms with Crippen LogP contribution in [0.2, 0.25) is 0 Å². The Kier molecular flexibility index (Phi) is 5.87. The first-order chi connectivity index (χ1) is 8.43. The van der Waals surface area contributed by atoms with E-state index in [4.69, 9.17) is 9.47 Å². The number of hydrogen-bond donors (Lipinski definition) is 0. The molecule has 2 fully saturated rings. The summed E-state index contributed by atoms with van der Waals surface area (Å²) in [6, 6.07) is 2.33. The molecule has 2 aliphatic rings. The average Bonchev–Trinajstić information content (AvgIpc) is 2.90. The molecule has 0 atom stereocenters. The molecule has 0 radical (unpaired) electrons. The number of hydrogen-bond acceptors (Lipinski definition) is 5. The fraction of sp³-hybridized carbons (Fsp3) is 0.727. The minimum absolute atomic E-state index is 0. The van der Waals surface area contributed by atoms with E-state index in [2.05, 4.69) is 15.9 Å². The second-order valence-corrected chi connectivity index (χ2v) is 6.36. The van der Waals surface area contributed by atoms with Gasteiger partial charge in [-0.3, -0.25) is 0 Å². The first kappa shape index (κ1) is 14.7. The highest BCUT2D eigenvalue weighted by atomic mass is 127. The van der Waals surface area contributed by atoms with Gasteiger partial charge in [0.15, 0.2) is 15.3 Å². The van der Waals surface area contributed by atoms with Crippen LogP contribution < -0.4 is 33.8 Å². The van der Waals surface area contributed by atoms with Crippen molar-refractivity contribution in [1.29, 1.82) is 0 Å². The van der Waals surface area contributed by atoms with Gasteiger partial charge in [-0.1, -0.05) is 0 Å². The molecule has 0 aliphatic carbocycles. The minimum atomic E-state index is 0. The lowest BCUT2D eigenvalue weighted by atomic mass is 10.4. The quantitative estimate of drug-likeness (QED) is 0.353. The van der Waals surface area contributed by atoms with Crippen LogP contribution in [-0.2, 0) is 9.47 Å². The average molecular weight is 400 g/mol. The maximum atomic E-state index is 5.38. The lowest BCUT2D eigenvalue weighted by molar-refractivity contribution is -0.00000479. The Morgan fingerprint density at radius 1 is 0.944 bits per heavy atom. The van der Waals surface area contributed by atoms with Gasteiger partial charge in [0.2, 0.25) is 0 Å². The zero-order valence-corrected chi connectivity index (χ0v) is 13.9. The normalized spacial score (nSPS) is 20.7. The number of nitrogens with zero attached hydrogens (tertiary/aromatic N) is 2. The minimum Gasteiger partial charge on any atom is -1.00 e. The highest BCUT2D eigenvalue weighted by molar-refractivity contribution is 7.72. The number of rotatable bonds is 2. The van der Waals surface area contributed by atoms with Crippen molar-refractivity contribution in [3.8, 4) is 0 Å². The Morgan fingerprint density at radius 2 is 1.50 bits per heavy atom. The van der Waals surface area contributed by atoms with Gasteiger partial charge in [-0.15, -0.1) is 0 Å². The van der Waals surface area contributed by atoms with E-state index in [0.29, 0.717) is 0 Å². The summed E-state index contributed by atoms with van der Waals surface area (Å²) >= 11 is 0. The van der Waals surface area contributed by atoms with E-state index in [0.717, 1.165) is 52.6 Å². The van der Waals surface area contributed by atoms with Gasteiger partial charge in [-0.05, 0) is 0 Å². The van der Waals surface area contributed by atoms with Gasteiger partial charge in [-0.2, -0.15) is 0 Å². The molecular weight excluding hydrogens is 383 g/mol. The third kappa shape index (κ3) is 3.44. The molecular formula is C11H17IN2O2S2. The zero-order valence-electron chi connectivity index (χ0n) is 10.1. The van der Waals surface area contributed by atoms with E-state index < -0.39 is 0 Å². The maximum Gasteiger partial charge on any atom is 0.321 e. The Bertz CT molecular complexity index is 333. The van der Waals surface area contributed by atoms with Crippen molar-refractivity contribution in [3.63, 3.8) is 0 Å². The topological polar surface area (TPSA) is 24.9 Å². The monoisotopic (exact) mass is 400 g/mol. The molecule has 1 aromatic rings. The van der Waals surface area contributed by atoms with Crippen LogP contribution in [0.1, 0.15) is 0 Å². The molecule has 0 unspecified atom stereocenters. The lowest BCUT2D eigenvalue weighted by Crippen LogP contribution is -3.00. The highest BCUT2D eigenvalue weighted by Gasteiger charge is 2.25. The molecule has 0 N–H and O–H groups in total. The Balaban J connectivity index is 0.00000120. The third-order valence-corrected chi connectivity index (χ3v) is 5.56. The van der Waals surface area contributed by atoms with Crippen LogP contribution in [0.15, 0.2) is 6.07 Å². The van der Waals surface area contributed by atoms with Crippen molar-refractivity contribution in [3.05, 3.63) is 6.07 Å². The molecule has 3 heterocycles. The smallest absolute Gasteiger partial charge is 0.321 e. The number of anilines is 2. The molecule has 102 valence electrons. The van der Waals surface area contributed by atoms with Crippen LogP contribution in [-0.4, -0.2) is 52.6 Å². The molecule has 0 aromatic carbocycles. The summed E-state index contributed by atoms with van der Waals surface area (Å²) in [6.07, 6.45) is 0. The molecule has 0 spiro atoms. The number of ether oxygens (including phenoxy) is 2. The van der Waals surface area contributed by atoms with Gasteiger partial charge in [0.1, 0.15) is 0 Å². The molecule has 18 heavy (non-hydrogen) atoms. The van der Waals surface area contributed by atoms with Gasteiger partial charge in [-0.25, -0.2) is 0 Å². The summed E-state index contributed by atoms with van der Waals surface area (Å²) in [5.41, 5.74) is 0. The fourth-order valence-corrected chi connectivity index (χ4v) is 4.67. The van der Waals surface area contributed by atoms with E-state index in [1.807, 2.05) is 20.7 Å². The van der Waals surface area contributed by atoms with Gasteiger partial charge in [0.25, 0.3) is 0 Å². The first-order valence-corrected chi connectivity index (χ1v) is 8.17. The number of halogens is 1. The summed E-state index contributed by atoms with van der Waals surface area (Å²) in [4.78, 5) is 4.85. The predicted octanol–water partition coefficient (Wildman–Crippen LogP) is -1.23. The van der Waals surface area contributed by atoms with Crippen LogP contribution in [0.4, 0.5) is 10.0 Å². The van der Waals surface area contributed by atoms with E-state index >= 15 is 0 Å². The van der Waals surface area contributed by atoms with Crippen molar-refractivity contribution < 1.29 is 33.5 Å². The van der Waals surface area contributed by atoms with Gasteiger partial charge < -0.3 is 43.3 Å². The molecule has 0 saturated carbocycles. The fourth-order valence-electron chi connectivity index (χ4n) is 2.09. The van der Waals surface area contributed by atoms with Crippen molar-refractivity contribution in [2.45, 2.75) is 0 Å². The van der Waals surface area contributed by atoms with Crippen molar-refractivity contribution >= 4 is 30.7 Å². The van der Waals surface area contributed by atoms with Crippen LogP contribution >= 0.6 is 20.7 Å². The van der Waals surface area contributed by atoms with Gasteiger partial charge in [0, 0.05) is 26.2 Å². The second kappa shape index (κ2) is 7.18. The Labute approximate surface area is 132 Å². The van der Waals surface area contributed by atoms with E-state index in [9.17, 15) is 0 Å². The van der Waals surface area contributed by atoms with Gasteiger partial charge >= 0.3 is 15.3 Å². The molecule has 0 amide bonds. The van der Waals surface area contributed by atoms with Gasteiger partial charge in [0.05, 0.1) is 32.5 Å². The summed E-state index contributed by atoms with van der Waals surface area (Å²) < 4.78 is 10.8. The SMILES string of the molecule is [I-].c1c(N2CCOCC2)s[s+]c1N1CCOCC1. The van der Waals surface area contributed by atoms with Crippen molar-refractivity contribution in [2.75, 3.05) is 62.4 Å². The van der Waals surface area contributed by atoms with E-state index in [1.165, 1.54) is 10.0 Å². The summed E-state index contributed by atoms with van der Waals surface area (Å²) in [7, 11) is 3.76. The Morgan fingerprint density at radius 3 is 2.11 bits per heavy atom. The Hall–Kier alpha value is 0.300. The predicted molar refractivity (Wildman–Crippen MR) is 72.7 cm³/mol. The lowest BCUT2D eigenvalue weighted by Gasteiger charge is -2.26. The zero-order chi connectivity index (χ0) is 11.5. The number of morpholine rings is 2. The molecule has 4 nitrogen and oxygen atoms in total. The molecule has 3 rings (SSSR count). The maximum absolute atomic E-state index is 5.38. The molecule has 7 heteroatoms. The summed E-state index contributed by atoms with van der Waals surface area (Å²) in [6.45, 7) is 7.52. The third-order valence-electron chi connectivity index (χ3n) is 3.10. The van der Waals surface area contributed by atoms with Crippen LogP contribution in [0.5, 0.6) is 0 Å². The van der Waals surface area contributed by atoms with Crippen molar-refractivity contribution in [2.24, 2.45) is 0 Å². The summed E-state index contributed by atoms with van der Waals surface area (Å²) in [5, 5.41) is 2.78. The van der Waals surface area contributed by atoms with Crippen LogP contribution in [0.3, 0.4) is 0 Å². The van der Waals surface area contributed by atoms with Crippen LogP contribution in [0.25, 0.3) is 0 Å². The van der Waals surface area contributed by atoms with Crippen LogP contribution in [0, 0.1) is 0 Å². The first-order valence-electron chi connectivity index (χ1n) is 6.02. The largest absolute Gasteiger partial charge is 1.00 e. The van der Waals surface area contributed by atoms with Crippen molar-refractivity contribution in [1.82, 2.24) is 0 Å². The second-order valence-electron chi connectivity index (χ2n) is 4.19. The van der Waals surface area contributed by atoms with E-state index in [1.54, 1.807) is 0 Å². The molecule has 2 aliphatic heterocycles. The molecule has 2 saturated heterocycles.